The van der Waals surface area contributed by atoms with Gasteiger partial charge in [0.2, 0.25) is 5.91 Å². The number of amides is 1. The average Bonchev–Trinajstić information content (AvgIpc) is 2.35. The maximum atomic E-state index is 11.2. The first kappa shape index (κ1) is 8.53. The van der Waals surface area contributed by atoms with Crippen LogP contribution < -0.4 is 11.1 Å². The Hall–Kier alpha value is -0.570. The third kappa shape index (κ3) is 2.50. The fourth-order valence-corrected chi connectivity index (χ4v) is 1.48. The Bertz CT molecular complexity index is 139. The number of nitrogens with two attached hydrogens (primary N) is 1. The molecule has 63 valence electrons. The number of hydrogen-bond acceptors (Lipinski definition) is 2. The second-order valence-electron chi connectivity index (χ2n) is 3.19. The first-order valence-corrected chi connectivity index (χ1v) is 4.20. The summed E-state index contributed by atoms with van der Waals surface area (Å²) in [5.41, 5.74) is 5.37. The highest BCUT2D eigenvalue weighted by molar-refractivity contribution is 5.78. The molecule has 0 saturated heterocycles. The lowest BCUT2D eigenvalue weighted by Gasteiger charge is -2.09. The van der Waals surface area contributed by atoms with E-state index in [9.17, 15) is 4.79 Å². The van der Waals surface area contributed by atoms with Crippen molar-refractivity contribution >= 4 is 5.91 Å². The van der Waals surface area contributed by atoms with Crippen molar-refractivity contribution in [2.45, 2.75) is 38.8 Å². The summed E-state index contributed by atoms with van der Waals surface area (Å²) in [4.78, 5) is 11.2. The van der Waals surface area contributed by atoms with Crippen molar-refractivity contribution in [1.82, 2.24) is 5.32 Å². The molecule has 1 aliphatic rings. The molecule has 1 saturated carbocycles. The predicted molar refractivity (Wildman–Crippen MR) is 42.7 cm³/mol. The number of carbonyl (C=O) groups excluding carboxylic acids is 1. The smallest absolute Gasteiger partial charge is 0.245 e. The maximum Gasteiger partial charge on any atom is 0.245 e. The van der Waals surface area contributed by atoms with Crippen molar-refractivity contribution in [2.75, 3.05) is 0 Å². The van der Waals surface area contributed by atoms with Crippen LogP contribution >= 0.6 is 0 Å². The van der Waals surface area contributed by atoms with Gasteiger partial charge in [0.05, 0.1) is 6.17 Å². The highest BCUT2D eigenvalue weighted by Gasteiger charge is 2.23. The third-order valence-electron chi connectivity index (χ3n) is 2.04. The molecule has 3 nitrogen and oxygen atoms in total. The van der Waals surface area contributed by atoms with Gasteiger partial charge in [-0.1, -0.05) is 12.8 Å². The largest absolute Gasteiger partial charge is 0.310 e. The average molecular weight is 155 g/mol. The van der Waals surface area contributed by atoms with Gasteiger partial charge in [-0.2, -0.15) is 0 Å². The van der Waals surface area contributed by atoms with Gasteiger partial charge in [-0.3, -0.25) is 4.79 Å². The zero-order valence-corrected chi connectivity index (χ0v) is 6.92. The van der Waals surface area contributed by atoms with E-state index in [1.165, 1.54) is 12.8 Å². The minimum atomic E-state index is -0.330. The molecule has 1 fully saturated rings. The Kier molecular flexibility index (Phi) is 2.88. The molecule has 0 aromatic heterocycles. The molecule has 11 heavy (non-hydrogen) atoms. The lowest BCUT2D eigenvalue weighted by Crippen LogP contribution is -2.35. The third-order valence-corrected chi connectivity index (χ3v) is 2.04. The molecular formula is C8H15N2O. The second-order valence-corrected chi connectivity index (χ2v) is 3.19. The predicted octanol–water partition coefficient (Wildman–Crippen LogP) is 0.612. The topological polar surface area (TPSA) is 57.2 Å². The molecule has 0 aromatic carbocycles. The maximum absolute atomic E-state index is 11.2. The monoisotopic (exact) mass is 155 g/mol. The van der Waals surface area contributed by atoms with Crippen molar-refractivity contribution in [3.05, 3.63) is 0 Å². The van der Waals surface area contributed by atoms with E-state index in [0.717, 1.165) is 12.8 Å². The van der Waals surface area contributed by atoms with Crippen molar-refractivity contribution in [2.24, 2.45) is 11.7 Å². The Labute approximate surface area is 67.3 Å². The lowest BCUT2D eigenvalue weighted by atomic mass is 10.1. The summed E-state index contributed by atoms with van der Waals surface area (Å²) in [6.07, 6.45) is 4.03. The summed E-state index contributed by atoms with van der Waals surface area (Å²) in [7, 11) is 0. The quantitative estimate of drug-likeness (QED) is 0.635. The summed E-state index contributed by atoms with van der Waals surface area (Å²) in [6, 6.07) is 0. The number of rotatable bonds is 2. The first-order chi connectivity index (χ1) is 5.20. The molecule has 3 heteroatoms. The van der Waals surface area contributed by atoms with Crippen LogP contribution in [0.15, 0.2) is 0 Å². The van der Waals surface area contributed by atoms with Crippen LogP contribution in [0, 0.1) is 5.92 Å². The Morgan fingerprint density at radius 1 is 1.55 bits per heavy atom. The van der Waals surface area contributed by atoms with Crippen LogP contribution in [0.1, 0.15) is 32.6 Å². The van der Waals surface area contributed by atoms with Crippen LogP contribution in [-0.2, 0) is 4.79 Å². The molecule has 0 spiro atoms. The summed E-state index contributed by atoms with van der Waals surface area (Å²) in [5.74, 6) is 0.193. The van der Waals surface area contributed by atoms with E-state index in [4.69, 9.17) is 5.73 Å². The molecule has 0 bridgehead atoms. The van der Waals surface area contributed by atoms with E-state index in [1.807, 2.05) is 0 Å². The molecule has 0 aliphatic heterocycles. The molecule has 1 unspecified atom stereocenters. The van der Waals surface area contributed by atoms with E-state index in [2.05, 4.69) is 5.32 Å². The fraction of sp³-hybridized carbons (Fsp3) is 0.875. The Morgan fingerprint density at radius 2 is 2.09 bits per heavy atom. The summed E-state index contributed by atoms with van der Waals surface area (Å²) in [6.45, 7) is 1.73. The van der Waals surface area contributed by atoms with Gasteiger partial charge in [0.25, 0.3) is 0 Å². The van der Waals surface area contributed by atoms with Crippen LogP contribution in [0.2, 0.25) is 0 Å². The normalized spacial score (nSPS) is 21.6. The van der Waals surface area contributed by atoms with Crippen molar-refractivity contribution in [3.8, 4) is 0 Å². The van der Waals surface area contributed by atoms with Gasteiger partial charge in [0.1, 0.15) is 0 Å². The zero-order valence-electron chi connectivity index (χ0n) is 6.92. The summed E-state index contributed by atoms with van der Waals surface area (Å²) >= 11 is 0. The molecule has 2 N–H and O–H groups in total. The second kappa shape index (κ2) is 3.72. The molecule has 0 heterocycles. The standard InChI is InChI=1S/C8H15N2O/c1-6(9)10-8(11)7-4-2-3-5-7/h6-7H,2-5,9H2,1H3. The SMILES string of the molecule is CC(N)[N]C(=O)C1CCCC1. The van der Waals surface area contributed by atoms with Crippen LogP contribution in [0.3, 0.4) is 0 Å². The van der Waals surface area contributed by atoms with Crippen molar-refractivity contribution < 1.29 is 4.79 Å². The Balaban J connectivity index is 2.28. The molecule has 1 amide bonds. The number of hydrogen-bond donors (Lipinski definition) is 1. The highest BCUT2D eigenvalue weighted by Crippen LogP contribution is 2.24. The van der Waals surface area contributed by atoms with Gasteiger partial charge in [-0.25, -0.2) is 5.32 Å². The van der Waals surface area contributed by atoms with Crippen molar-refractivity contribution in [1.29, 1.82) is 0 Å². The van der Waals surface area contributed by atoms with E-state index >= 15 is 0 Å². The van der Waals surface area contributed by atoms with Gasteiger partial charge in [0.15, 0.2) is 0 Å². The van der Waals surface area contributed by atoms with Gasteiger partial charge in [-0.15, -0.1) is 0 Å². The van der Waals surface area contributed by atoms with Gasteiger partial charge in [0, 0.05) is 5.92 Å². The number of nitrogens with zero attached hydrogens (tertiary/aromatic N) is 1. The van der Waals surface area contributed by atoms with Crippen molar-refractivity contribution in [3.63, 3.8) is 0 Å². The van der Waals surface area contributed by atoms with E-state index in [1.54, 1.807) is 6.92 Å². The van der Waals surface area contributed by atoms with E-state index in [-0.39, 0.29) is 18.0 Å². The highest BCUT2D eigenvalue weighted by atomic mass is 16.2. The van der Waals surface area contributed by atoms with Gasteiger partial charge in [-0.05, 0) is 19.8 Å². The molecule has 1 radical (unpaired) electrons. The van der Waals surface area contributed by atoms with Crippen LogP contribution in [-0.4, -0.2) is 12.1 Å². The minimum absolute atomic E-state index is 0.0116. The zero-order chi connectivity index (χ0) is 8.27. The van der Waals surface area contributed by atoms with E-state index < -0.39 is 0 Å². The Morgan fingerprint density at radius 3 is 2.55 bits per heavy atom. The minimum Gasteiger partial charge on any atom is -0.310 e. The molecule has 0 aromatic rings. The number of carbonyl (C=O) groups is 1. The molecule has 1 rings (SSSR count). The fourth-order valence-electron chi connectivity index (χ4n) is 1.48. The molecule has 1 aliphatic carbocycles. The van der Waals surface area contributed by atoms with Gasteiger partial charge < -0.3 is 5.73 Å². The van der Waals surface area contributed by atoms with Gasteiger partial charge >= 0.3 is 0 Å². The van der Waals surface area contributed by atoms with E-state index in [0.29, 0.717) is 0 Å². The lowest BCUT2D eigenvalue weighted by molar-refractivity contribution is -0.125. The van der Waals surface area contributed by atoms with Crippen LogP contribution in [0.4, 0.5) is 0 Å². The first-order valence-electron chi connectivity index (χ1n) is 4.20. The molecular weight excluding hydrogens is 140 g/mol. The summed E-state index contributed by atoms with van der Waals surface area (Å²) < 4.78 is 0. The molecule has 1 atom stereocenters. The van der Waals surface area contributed by atoms with Crippen LogP contribution in [0.5, 0.6) is 0 Å². The van der Waals surface area contributed by atoms with Crippen LogP contribution in [0.25, 0.3) is 0 Å². The summed E-state index contributed by atoms with van der Waals surface area (Å²) in [5, 5.41) is 3.80.